The van der Waals surface area contributed by atoms with Gasteiger partial charge in [0.25, 0.3) is 0 Å². The van der Waals surface area contributed by atoms with E-state index in [0.717, 1.165) is 12.8 Å². The highest BCUT2D eigenvalue weighted by atomic mass is 19.4. The third-order valence-electron chi connectivity index (χ3n) is 6.21. The molecule has 4 aliphatic rings. The molecule has 1 saturated heterocycles. The molecule has 138 valence electrons. The van der Waals surface area contributed by atoms with E-state index in [0.29, 0.717) is 45.3 Å². The highest BCUT2D eigenvalue weighted by molar-refractivity contribution is 5.79. The van der Waals surface area contributed by atoms with E-state index in [-0.39, 0.29) is 12.5 Å². The first-order chi connectivity index (χ1) is 11.3. The number of carbonyl (C=O) groups is 1. The van der Waals surface area contributed by atoms with Crippen molar-refractivity contribution in [3.05, 3.63) is 0 Å². The van der Waals surface area contributed by atoms with E-state index >= 15 is 0 Å². The standard InChI is InChI=1S/C17H26F3NO3/c18-17(19,20)14-12-3-1-11(2-4-12)13(14)15(22)21-8-5-16(23)6-9-24-10-7-16/h11-14,23H,1-10H2,(H,21,22)/t11?,12?,13-,14-/m0/s1. The normalized spacial score (nSPS) is 35.7. The monoisotopic (exact) mass is 349 g/mol. The summed E-state index contributed by atoms with van der Waals surface area (Å²) in [4.78, 5) is 12.5. The van der Waals surface area contributed by atoms with E-state index in [2.05, 4.69) is 5.32 Å². The van der Waals surface area contributed by atoms with Crippen molar-refractivity contribution in [3.8, 4) is 0 Å². The number of carbonyl (C=O) groups excluding carboxylic acids is 1. The minimum atomic E-state index is -4.31. The number of nitrogens with one attached hydrogen (secondary N) is 1. The van der Waals surface area contributed by atoms with Crippen LogP contribution >= 0.6 is 0 Å². The van der Waals surface area contributed by atoms with Gasteiger partial charge in [0.15, 0.2) is 0 Å². The van der Waals surface area contributed by atoms with Crippen LogP contribution in [0.4, 0.5) is 13.2 Å². The molecule has 4 nitrogen and oxygen atoms in total. The molecular weight excluding hydrogens is 323 g/mol. The van der Waals surface area contributed by atoms with E-state index in [4.69, 9.17) is 4.74 Å². The van der Waals surface area contributed by atoms with Crippen LogP contribution in [0.2, 0.25) is 0 Å². The average molecular weight is 349 g/mol. The van der Waals surface area contributed by atoms with Crippen LogP contribution in [-0.4, -0.2) is 42.5 Å². The van der Waals surface area contributed by atoms with Crippen LogP contribution in [0.5, 0.6) is 0 Å². The Hall–Kier alpha value is -0.820. The lowest BCUT2D eigenvalue weighted by Crippen LogP contribution is -2.53. The Morgan fingerprint density at radius 2 is 1.71 bits per heavy atom. The first-order valence-electron chi connectivity index (χ1n) is 8.95. The molecule has 0 radical (unpaired) electrons. The van der Waals surface area contributed by atoms with Crippen LogP contribution in [0.15, 0.2) is 0 Å². The Morgan fingerprint density at radius 3 is 2.29 bits per heavy atom. The van der Waals surface area contributed by atoms with E-state index in [1.54, 1.807) is 0 Å². The van der Waals surface area contributed by atoms with Gasteiger partial charge in [-0.3, -0.25) is 4.79 Å². The quantitative estimate of drug-likeness (QED) is 0.820. The predicted molar refractivity (Wildman–Crippen MR) is 81.1 cm³/mol. The fourth-order valence-electron chi connectivity index (χ4n) is 4.84. The first-order valence-corrected chi connectivity index (χ1v) is 8.95. The third-order valence-corrected chi connectivity index (χ3v) is 6.21. The van der Waals surface area contributed by atoms with Crippen molar-refractivity contribution in [2.45, 2.75) is 56.7 Å². The number of amides is 1. The lowest BCUT2D eigenvalue weighted by molar-refractivity contribution is -0.229. The smallest absolute Gasteiger partial charge is 0.390 e. The lowest BCUT2D eigenvalue weighted by Gasteiger charge is -2.48. The van der Waals surface area contributed by atoms with Gasteiger partial charge in [-0.1, -0.05) is 0 Å². The van der Waals surface area contributed by atoms with Gasteiger partial charge in [-0.25, -0.2) is 0 Å². The fraction of sp³-hybridized carbons (Fsp3) is 0.941. The molecule has 0 aromatic rings. The largest absolute Gasteiger partial charge is 0.392 e. The summed E-state index contributed by atoms with van der Waals surface area (Å²) < 4.78 is 45.5. The Balaban J connectivity index is 1.58. The molecule has 1 heterocycles. The average Bonchev–Trinajstić information content (AvgIpc) is 2.54. The van der Waals surface area contributed by atoms with Crippen molar-refractivity contribution in [2.24, 2.45) is 23.7 Å². The topological polar surface area (TPSA) is 58.6 Å². The molecule has 0 spiro atoms. The second-order valence-electron chi connectivity index (χ2n) is 7.65. The molecule has 1 aliphatic heterocycles. The summed E-state index contributed by atoms with van der Waals surface area (Å²) in [6, 6.07) is 0. The van der Waals surface area contributed by atoms with Gasteiger partial charge < -0.3 is 15.2 Å². The molecule has 0 unspecified atom stereocenters. The van der Waals surface area contributed by atoms with Gasteiger partial charge >= 0.3 is 6.18 Å². The fourth-order valence-corrected chi connectivity index (χ4v) is 4.84. The number of hydrogen-bond donors (Lipinski definition) is 2. The van der Waals surface area contributed by atoms with Gasteiger partial charge in [-0.05, 0) is 56.8 Å². The summed E-state index contributed by atoms with van der Waals surface area (Å²) in [7, 11) is 0. The number of alkyl halides is 3. The van der Waals surface area contributed by atoms with Crippen LogP contribution in [-0.2, 0) is 9.53 Å². The molecule has 0 aromatic heterocycles. The van der Waals surface area contributed by atoms with Crippen molar-refractivity contribution in [3.63, 3.8) is 0 Å². The van der Waals surface area contributed by atoms with Crippen molar-refractivity contribution in [2.75, 3.05) is 19.8 Å². The SMILES string of the molecule is O=C(NCCC1(O)CCOCC1)[C@H]1C2CCC(CC2)[C@@H]1C(F)(F)F. The molecule has 7 heteroatoms. The maximum Gasteiger partial charge on any atom is 0.392 e. The summed E-state index contributed by atoms with van der Waals surface area (Å²) >= 11 is 0. The Labute approximate surface area is 140 Å². The Morgan fingerprint density at radius 1 is 1.12 bits per heavy atom. The molecule has 3 aliphatic carbocycles. The number of rotatable bonds is 4. The van der Waals surface area contributed by atoms with E-state index in [1.165, 1.54) is 0 Å². The van der Waals surface area contributed by atoms with Gasteiger partial charge in [0.1, 0.15) is 0 Å². The van der Waals surface area contributed by atoms with E-state index in [1.807, 2.05) is 0 Å². The maximum atomic E-state index is 13.4. The van der Waals surface area contributed by atoms with Crippen molar-refractivity contribution in [1.82, 2.24) is 5.32 Å². The Bertz CT molecular complexity index is 454. The number of ether oxygens (including phenoxy) is 1. The van der Waals surface area contributed by atoms with Gasteiger partial charge in [-0.15, -0.1) is 0 Å². The molecule has 4 rings (SSSR count). The molecule has 1 amide bonds. The summed E-state index contributed by atoms with van der Waals surface area (Å²) in [5.41, 5.74) is -0.874. The zero-order chi connectivity index (χ0) is 17.4. The minimum absolute atomic E-state index is 0.159. The van der Waals surface area contributed by atoms with Crippen molar-refractivity contribution >= 4 is 5.91 Å². The summed E-state index contributed by atoms with van der Waals surface area (Å²) in [5.74, 6) is -3.52. The number of aliphatic hydroxyl groups is 1. The molecule has 4 fully saturated rings. The number of hydrogen-bond acceptors (Lipinski definition) is 3. The lowest BCUT2D eigenvalue weighted by atomic mass is 9.58. The zero-order valence-corrected chi connectivity index (χ0v) is 13.8. The van der Waals surface area contributed by atoms with Crippen LogP contribution in [0.3, 0.4) is 0 Å². The van der Waals surface area contributed by atoms with E-state index < -0.39 is 35.4 Å². The molecule has 2 bridgehead atoms. The maximum absolute atomic E-state index is 13.4. The highest BCUT2D eigenvalue weighted by Gasteiger charge is 2.57. The molecule has 2 N–H and O–H groups in total. The number of halogens is 3. The second-order valence-corrected chi connectivity index (χ2v) is 7.65. The molecule has 24 heavy (non-hydrogen) atoms. The van der Waals surface area contributed by atoms with Crippen LogP contribution in [0, 0.1) is 23.7 Å². The van der Waals surface area contributed by atoms with Crippen LogP contribution < -0.4 is 5.32 Å². The highest BCUT2D eigenvalue weighted by Crippen LogP contribution is 2.54. The third kappa shape index (κ3) is 3.72. The Kier molecular flexibility index (Phi) is 5.12. The van der Waals surface area contributed by atoms with Gasteiger partial charge in [-0.2, -0.15) is 13.2 Å². The second kappa shape index (κ2) is 6.83. The molecule has 3 saturated carbocycles. The molecule has 2 atom stereocenters. The van der Waals surface area contributed by atoms with Gasteiger partial charge in [0.2, 0.25) is 5.91 Å². The summed E-state index contributed by atoms with van der Waals surface area (Å²) in [6.45, 7) is 1.17. The van der Waals surface area contributed by atoms with Crippen molar-refractivity contribution in [1.29, 1.82) is 0 Å². The van der Waals surface area contributed by atoms with Crippen molar-refractivity contribution < 1.29 is 27.8 Å². The predicted octanol–water partition coefficient (Wildman–Crippen LogP) is 2.65. The summed E-state index contributed by atoms with van der Waals surface area (Å²) in [5, 5.41) is 13.0. The minimum Gasteiger partial charge on any atom is -0.390 e. The van der Waals surface area contributed by atoms with Crippen LogP contribution in [0.1, 0.15) is 44.9 Å². The van der Waals surface area contributed by atoms with Gasteiger partial charge in [0, 0.05) is 19.8 Å². The first kappa shape index (κ1) is 18.0. The zero-order valence-electron chi connectivity index (χ0n) is 13.8. The summed E-state index contributed by atoms with van der Waals surface area (Å²) in [6.07, 6.45) is -0.349. The molecule has 0 aromatic carbocycles. The van der Waals surface area contributed by atoms with Gasteiger partial charge in [0.05, 0.1) is 17.4 Å². The van der Waals surface area contributed by atoms with E-state index in [9.17, 15) is 23.1 Å². The number of fused-ring (bicyclic) bond motifs is 3. The molecular formula is C17H26F3NO3. The van der Waals surface area contributed by atoms with Crippen LogP contribution in [0.25, 0.3) is 0 Å².